The number of nitrogens with zero attached hydrogens (tertiary/aromatic N) is 3. The van der Waals surface area contributed by atoms with Gasteiger partial charge in [-0.05, 0) is 38.8 Å². The first-order valence-electron chi connectivity index (χ1n) is 8.50. The molecular weight excluding hydrogens is 330 g/mol. The number of hydrogen-bond donors (Lipinski definition) is 2. The molecule has 2 heterocycles. The molecule has 2 aromatic heterocycles. The third-order valence-electron chi connectivity index (χ3n) is 4.40. The van der Waals surface area contributed by atoms with E-state index in [1.165, 1.54) is 16.3 Å². The first-order chi connectivity index (χ1) is 12.4. The zero-order chi connectivity index (χ0) is 19.0. The highest BCUT2D eigenvalue weighted by molar-refractivity contribution is 5.96. The van der Waals surface area contributed by atoms with Crippen LogP contribution >= 0.6 is 0 Å². The van der Waals surface area contributed by atoms with Crippen molar-refractivity contribution in [2.45, 2.75) is 34.2 Å². The summed E-state index contributed by atoms with van der Waals surface area (Å²) in [5.74, 6) is -0.0966. The van der Waals surface area contributed by atoms with E-state index in [-0.39, 0.29) is 18.7 Å². The molecule has 0 aliphatic carbocycles. The van der Waals surface area contributed by atoms with Crippen LogP contribution in [-0.4, -0.2) is 27.2 Å². The molecule has 4 N–H and O–H groups in total. The molecule has 1 aromatic carbocycles. The Kier molecular flexibility index (Phi) is 4.65. The van der Waals surface area contributed by atoms with Crippen molar-refractivity contribution in [2.75, 3.05) is 12.3 Å². The van der Waals surface area contributed by atoms with E-state index in [2.05, 4.69) is 24.2 Å². The highest BCUT2D eigenvalue weighted by atomic mass is 16.5. The van der Waals surface area contributed by atoms with E-state index in [0.29, 0.717) is 22.7 Å². The number of benzene rings is 1. The second-order valence-electron chi connectivity index (χ2n) is 6.32. The predicted molar refractivity (Wildman–Crippen MR) is 101 cm³/mol. The minimum atomic E-state index is -0.474. The largest absolute Gasteiger partial charge is 0.462 e. The molecule has 0 saturated heterocycles. The first kappa shape index (κ1) is 17.9. The van der Waals surface area contributed by atoms with Crippen molar-refractivity contribution in [3.05, 3.63) is 46.1 Å². The number of carbonyl (C=O) groups excluding carboxylic acids is 1. The Morgan fingerprint density at radius 1 is 1.23 bits per heavy atom. The van der Waals surface area contributed by atoms with Crippen LogP contribution < -0.4 is 11.5 Å². The maximum atomic E-state index is 12.2. The van der Waals surface area contributed by atoms with Gasteiger partial charge in [-0.2, -0.15) is 9.61 Å². The summed E-state index contributed by atoms with van der Waals surface area (Å²) >= 11 is 0. The van der Waals surface area contributed by atoms with E-state index in [4.69, 9.17) is 21.2 Å². The van der Waals surface area contributed by atoms with Gasteiger partial charge in [-0.3, -0.25) is 0 Å². The molecule has 3 rings (SSSR count). The number of carbonyl (C=O) groups is 1. The van der Waals surface area contributed by atoms with Crippen LogP contribution in [0.4, 0.5) is 5.82 Å². The number of nitrogens with two attached hydrogens (primary N) is 2. The van der Waals surface area contributed by atoms with Crippen LogP contribution in [0.5, 0.6) is 0 Å². The van der Waals surface area contributed by atoms with Crippen molar-refractivity contribution < 1.29 is 9.53 Å². The molecule has 26 heavy (non-hydrogen) atoms. The smallest absolute Gasteiger partial charge is 0.343 e. The number of aromatic nitrogens is 3. The molecule has 136 valence electrons. The predicted octanol–water partition coefficient (Wildman–Crippen LogP) is 2.54. The Morgan fingerprint density at radius 3 is 2.46 bits per heavy atom. The van der Waals surface area contributed by atoms with Gasteiger partial charge in [-0.1, -0.05) is 17.7 Å². The molecule has 0 radical (unpaired) electrons. The number of nitrogen functional groups attached to an aromatic ring is 1. The molecule has 0 atom stereocenters. The number of hydrogen-bond acceptors (Lipinski definition) is 6. The summed E-state index contributed by atoms with van der Waals surface area (Å²) in [5.41, 5.74) is 18.6. The number of aryl methyl sites for hydroxylation is 3. The molecule has 0 unspecified atom stereocenters. The molecule has 3 aromatic rings. The zero-order valence-electron chi connectivity index (χ0n) is 15.5. The summed E-state index contributed by atoms with van der Waals surface area (Å²) in [7, 11) is 0. The van der Waals surface area contributed by atoms with Crippen molar-refractivity contribution in [3.8, 4) is 11.3 Å². The summed E-state index contributed by atoms with van der Waals surface area (Å²) in [6.07, 6.45) is 1.43. The Balaban J connectivity index is 2.35. The number of ether oxygens (including phenoxy) is 1. The third-order valence-corrected chi connectivity index (χ3v) is 4.40. The Morgan fingerprint density at radius 2 is 1.88 bits per heavy atom. The van der Waals surface area contributed by atoms with Gasteiger partial charge in [0.05, 0.1) is 18.5 Å². The minimum Gasteiger partial charge on any atom is -0.462 e. The van der Waals surface area contributed by atoms with Gasteiger partial charge in [0.25, 0.3) is 0 Å². The SMILES string of the molecule is CCOC(=O)c1cnn2c(N)c(CN)c(-c3c(C)cc(C)cc3C)nc12. The van der Waals surface area contributed by atoms with E-state index in [9.17, 15) is 4.79 Å². The van der Waals surface area contributed by atoms with Crippen LogP contribution in [0.3, 0.4) is 0 Å². The fourth-order valence-electron chi connectivity index (χ4n) is 3.36. The van der Waals surface area contributed by atoms with E-state index < -0.39 is 5.97 Å². The Bertz CT molecular complexity index is 984. The average molecular weight is 353 g/mol. The van der Waals surface area contributed by atoms with Crippen molar-refractivity contribution in [3.63, 3.8) is 0 Å². The van der Waals surface area contributed by atoms with Crippen molar-refractivity contribution >= 4 is 17.4 Å². The van der Waals surface area contributed by atoms with Crippen molar-refractivity contribution in [1.82, 2.24) is 14.6 Å². The van der Waals surface area contributed by atoms with E-state index in [1.54, 1.807) is 6.92 Å². The second kappa shape index (κ2) is 6.76. The first-order valence-corrected chi connectivity index (χ1v) is 8.50. The lowest BCUT2D eigenvalue weighted by Crippen LogP contribution is -2.13. The van der Waals surface area contributed by atoms with Crippen molar-refractivity contribution in [1.29, 1.82) is 0 Å². The monoisotopic (exact) mass is 353 g/mol. The summed E-state index contributed by atoms with van der Waals surface area (Å²) in [4.78, 5) is 17.0. The van der Waals surface area contributed by atoms with Gasteiger partial charge in [-0.25, -0.2) is 9.78 Å². The van der Waals surface area contributed by atoms with Crippen LogP contribution in [-0.2, 0) is 11.3 Å². The van der Waals surface area contributed by atoms with Crippen LogP contribution in [0.25, 0.3) is 16.9 Å². The van der Waals surface area contributed by atoms with Crippen LogP contribution in [0, 0.1) is 20.8 Å². The van der Waals surface area contributed by atoms with E-state index >= 15 is 0 Å². The summed E-state index contributed by atoms with van der Waals surface area (Å²) in [5, 5.41) is 4.20. The summed E-state index contributed by atoms with van der Waals surface area (Å²) in [6.45, 7) is 8.35. The molecule has 0 aliphatic rings. The topological polar surface area (TPSA) is 109 Å². The van der Waals surface area contributed by atoms with Gasteiger partial charge in [0, 0.05) is 17.7 Å². The minimum absolute atomic E-state index is 0.214. The zero-order valence-corrected chi connectivity index (χ0v) is 15.5. The highest BCUT2D eigenvalue weighted by Crippen LogP contribution is 2.33. The Labute approximate surface area is 152 Å². The molecule has 0 amide bonds. The number of rotatable bonds is 4. The quantitative estimate of drug-likeness (QED) is 0.698. The maximum absolute atomic E-state index is 12.2. The molecule has 0 saturated carbocycles. The second-order valence-corrected chi connectivity index (χ2v) is 6.32. The summed E-state index contributed by atoms with van der Waals surface area (Å²) < 4.78 is 6.54. The fourth-order valence-corrected chi connectivity index (χ4v) is 3.36. The Hall–Kier alpha value is -2.93. The van der Waals surface area contributed by atoms with Gasteiger partial charge < -0.3 is 16.2 Å². The lowest BCUT2D eigenvalue weighted by atomic mass is 9.94. The number of anilines is 1. The van der Waals surface area contributed by atoms with Gasteiger partial charge >= 0.3 is 5.97 Å². The fraction of sp³-hybridized carbons (Fsp3) is 0.316. The van der Waals surface area contributed by atoms with Gasteiger partial charge in [0.2, 0.25) is 0 Å². The molecule has 0 bridgehead atoms. The number of esters is 1. The normalized spacial score (nSPS) is 11.1. The summed E-state index contributed by atoms with van der Waals surface area (Å²) in [6, 6.07) is 4.18. The van der Waals surface area contributed by atoms with Crippen LogP contribution in [0.1, 0.15) is 39.5 Å². The molecule has 0 spiro atoms. The highest BCUT2D eigenvalue weighted by Gasteiger charge is 2.22. The van der Waals surface area contributed by atoms with Crippen molar-refractivity contribution in [2.24, 2.45) is 5.73 Å². The van der Waals surface area contributed by atoms with E-state index in [0.717, 1.165) is 16.7 Å². The molecule has 7 heteroatoms. The van der Waals surface area contributed by atoms with Gasteiger partial charge in [-0.15, -0.1) is 0 Å². The maximum Gasteiger partial charge on any atom is 0.343 e. The van der Waals surface area contributed by atoms with Gasteiger partial charge in [0.15, 0.2) is 5.65 Å². The van der Waals surface area contributed by atoms with E-state index in [1.807, 2.05) is 13.8 Å². The standard InChI is InChI=1S/C19H23N5O2/c1-5-26-19(25)14-9-22-24-17(21)13(8-20)16(23-18(14)24)15-11(3)6-10(2)7-12(15)4/h6-7,9H,5,8,20-21H2,1-4H3. The average Bonchev–Trinajstić information content (AvgIpc) is 2.98. The third kappa shape index (κ3) is 2.80. The molecular formula is C19H23N5O2. The molecule has 0 fully saturated rings. The molecule has 0 aliphatic heterocycles. The molecule has 7 nitrogen and oxygen atoms in total. The van der Waals surface area contributed by atoms with Gasteiger partial charge in [0.1, 0.15) is 11.4 Å². The lowest BCUT2D eigenvalue weighted by molar-refractivity contribution is 0.0528. The number of fused-ring (bicyclic) bond motifs is 1. The van der Waals surface area contributed by atoms with Crippen LogP contribution in [0.15, 0.2) is 18.3 Å². The van der Waals surface area contributed by atoms with Crippen LogP contribution in [0.2, 0.25) is 0 Å². The lowest BCUT2D eigenvalue weighted by Gasteiger charge is -2.16.